The third-order valence-corrected chi connectivity index (χ3v) is 2.42. The van der Waals surface area contributed by atoms with Crippen molar-refractivity contribution in [2.75, 3.05) is 13.2 Å². The minimum atomic E-state index is 0.426. The van der Waals surface area contributed by atoms with Gasteiger partial charge in [-0.1, -0.05) is 30.3 Å². The van der Waals surface area contributed by atoms with Crippen LogP contribution in [0.4, 0.5) is 0 Å². The Morgan fingerprint density at radius 3 is 2.54 bits per heavy atom. The van der Waals surface area contributed by atoms with Crippen molar-refractivity contribution in [3.63, 3.8) is 0 Å². The molecule has 1 aliphatic heterocycles. The monoisotopic (exact) mass is 177 g/mol. The van der Waals surface area contributed by atoms with E-state index in [1.54, 1.807) is 0 Å². The van der Waals surface area contributed by atoms with Crippen LogP contribution in [0.2, 0.25) is 0 Å². The van der Waals surface area contributed by atoms with Gasteiger partial charge in [0, 0.05) is 6.04 Å². The van der Waals surface area contributed by atoms with Gasteiger partial charge in [0.05, 0.1) is 19.3 Å². The van der Waals surface area contributed by atoms with Crippen LogP contribution in [0.1, 0.15) is 18.5 Å². The highest BCUT2D eigenvalue weighted by Crippen LogP contribution is 2.13. The first-order valence-electron chi connectivity index (χ1n) is 4.75. The molecule has 2 rings (SSSR count). The average molecular weight is 177 g/mol. The zero-order valence-electron chi connectivity index (χ0n) is 7.86. The minimum absolute atomic E-state index is 0.426. The number of hydrogen-bond donors (Lipinski definition) is 1. The fourth-order valence-electron chi connectivity index (χ4n) is 1.52. The summed E-state index contributed by atoms with van der Waals surface area (Å²) in [5, 5.41) is 3.51. The van der Waals surface area contributed by atoms with E-state index in [9.17, 15) is 0 Å². The molecule has 0 aliphatic carbocycles. The Balaban J connectivity index is 1.92. The number of rotatable bonds is 3. The molecule has 0 saturated carbocycles. The van der Waals surface area contributed by atoms with E-state index in [-0.39, 0.29) is 0 Å². The molecule has 1 aromatic rings. The Bertz CT molecular complexity index is 256. The van der Waals surface area contributed by atoms with Crippen molar-refractivity contribution in [2.24, 2.45) is 0 Å². The van der Waals surface area contributed by atoms with Crippen LogP contribution in [0.25, 0.3) is 0 Å². The van der Waals surface area contributed by atoms with E-state index in [2.05, 4.69) is 36.5 Å². The molecule has 1 N–H and O–H groups in total. The van der Waals surface area contributed by atoms with Gasteiger partial charge in [-0.05, 0) is 12.5 Å². The van der Waals surface area contributed by atoms with Crippen LogP contribution in [0.5, 0.6) is 0 Å². The van der Waals surface area contributed by atoms with Crippen molar-refractivity contribution < 1.29 is 4.74 Å². The van der Waals surface area contributed by atoms with Crippen LogP contribution in [0.3, 0.4) is 0 Å². The van der Waals surface area contributed by atoms with Crippen LogP contribution in [0, 0.1) is 0 Å². The lowest BCUT2D eigenvalue weighted by atomic mass is 10.1. The second-order valence-corrected chi connectivity index (χ2v) is 3.53. The van der Waals surface area contributed by atoms with Crippen molar-refractivity contribution >= 4 is 0 Å². The maximum atomic E-state index is 5.11. The van der Waals surface area contributed by atoms with Gasteiger partial charge >= 0.3 is 0 Å². The molecule has 13 heavy (non-hydrogen) atoms. The van der Waals surface area contributed by atoms with Gasteiger partial charge in [-0.25, -0.2) is 0 Å². The number of hydrogen-bond acceptors (Lipinski definition) is 2. The van der Waals surface area contributed by atoms with Gasteiger partial charge in [-0.2, -0.15) is 0 Å². The van der Waals surface area contributed by atoms with Gasteiger partial charge in [-0.15, -0.1) is 0 Å². The van der Waals surface area contributed by atoms with E-state index in [0.29, 0.717) is 12.1 Å². The topological polar surface area (TPSA) is 21.3 Å². The molecule has 0 amide bonds. The summed E-state index contributed by atoms with van der Waals surface area (Å²) in [6.07, 6.45) is 0. The summed E-state index contributed by atoms with van der Waals surface area (Å²) < 4.78 is 5.11. The highest BCUT2D eigenvalue weighted by molar-refractivity contribution is 5.18. The largest absolute Gasteiger partial charge is 0.378 e. The number of benzene rings is 1. The third kappa shape index (κ3) is 2.08. The van der Waals surface area contributed by atoms with Crippen LogP contribution in [-0.4, -0.2) is 19.3 Å². The van der Waals surface area contributed by atoms with Crippen molar-refractivity contribution in [3.05, 3.63) is 35.9 Å². The zero-order valence-corrected chi connectivity index (χ0v) is 7.86. The summed E-state index contributed by atoms with van der Waals surface area (Å²) in [6.45, 7) is 3.90. The average Bonchev–Trinajstić information content (AvgIpc) is 2.12. The van der Waals surface area contributed by atoms with Gasteiger partial charge in [0.15, 0.2) is 0 Å². The Kier molecular flexibility index (Phi) is 2.62. The Morgan fingerprint density at radius 1 is 1.31 bits per heavy atom. The quantitative estimate of drug-likeness (QED) is 0.759. The molecule has 2 nitrogen and oxygen atoms in total. The summed E-state index contributed by atoms with van der Waals surface area (Å²) >= 11 is 0. The maximum Gasteiger partial charge on any atom is 0.0643 e. The van der Waals surface area contributed by atoms with Gasteiger partial charge in [0.25, 0.3) is 0 Å². The van der Waals surface area contributed by atoms with E-state index in [1.165, 1.54) is 5.56 Å². The first-order chi connectivity index (χ1) is 6.36. The first kappa shape index (κ1) is 8.73. The molecule has 1 heterocycles. The molecule has 0 unspecified atom stereocenters. The van der Waals surface area contributed by atoms with Gasteiger partial charge in [0.2, 0.25) is 0 Å². The molecule has 1 aromatic carbocycles. The molecule has 1 saturated heterocycles. The summed E-state index contributed by atoms with van der Waals surface area (Å²) in [5.41, 5.74) is 1.34. The van der Waals surface area contributed by atoms with E-state index in [4.69, 9.17) is 4.74 Å². The number of ether oxygens (including phenoxy) is 1. The van der Waals surface area contributed by atoms with Gasteiger partial charge in [0.1, 0.15) is 0 Å². The van der Waals surface area contributed by atoms with Crippen molar-refractivity contribution in [1.29, 1.82) is 0 Å². The second-order valence-electron chi connectivity index (χ2n) is 3.53. The maximum absolute atomic E-state index is 5.11. The van der Waals surface area contributed by atoms with Crippen molar-refractivity contribution in [1.82, 2.24) is 5.32 Å². The van der Waals surface area contributed by atoms with Gasteiger partial charge < -0.3 is 10.1 Å². The molecule has 0 bridgehead atoms. The SMILES string of the molecule is C[C@H](NC1COC1)c1ccccc1. The molecule has 2 heteroatoms. The lowest BCUT2D eigenvalue weighted by molar-refractivity contribution is -0.00925. The minimum Gasteiger partial charge on any atom is -0.378 e. The normalized spacial score (nSPS) is 19.5. The fraction of sp³-hybridized carbons (Fsp3) is 0.455. The fourth-order valence-corrected chi connectivity index (χ4v) is 1.52. The molecule has 0 aromatic heterocycles. The van der Waals surface area contributed by atoms with Crippen LogP contribution in [-0.2, 0) is 4.74 Å². The lowest BCUT2D eigenvalue weighted by Crippen LogP contribution is -2.46. The van der Waals surface area contributed by atoms with E-state index >= 15 is 0 Å². The first-order valence-corrected chi connectivity index (χ1v) is 4.75. The summed E-state index contributed by atoms with van der Waals surface area (Å²) in [5.74, 6) is 0. The highest BCUT2D eigenvalue weighted by Gasteiger charge is 2.20. The van der Waals surface area contributed by atoms with Crippen molar-refractivity contribution in [2.45, 2.75) is 19.0 Å². The predicted octanol–water partition coefficient (Wildman–Crippen LogP) is 1.74. The Morgan fingerprint density at radius 2 is 2.00 bits per heavy atom. The second kappa shape index (κ2) is 3.90. The molecular formula is C11H15NO. The standard InChI is InChI=1S/C11H15NO/c1-9(12-11-7-13-8-11)10-5-3-2-4-6-10/h2-6,9,11-12H,7-8H2,1H3/t9-/m0/s1. The smallest absolute Gasteiger partial charge is 0.0643 e. The number of nitrogens with one attached hydrogen (secondary N) is 1. The molecular weight excluding hydrogens is 162 g/mol. The summed E-state index contributed by atoms with van der Waals surface area (Å²) in [4.78, 5) is 0. The van der Waals surface area contributed by atoms with E-state index in [1.807, 2.05) is 6.07 Å². The zero-order chi connectivity index (χ0) is 9.10. The molecule has 70 valence electrons. The Labute approximate surface area is 78.9 Å². The van der Waals surface area contributed by atoms with E-state index in [0.717, 1.165) is 13.2 Å². The molecule has 1 fully saturated rings. The summed E-state index contributed by atoms with van der Waals surface area (Å²) in [7, 11) is 0. The Hall–Kier alpha value is -0.860. The molecule has 1 atom stereocenters. The van der Waals surface area contributed by atoms with Crippen LogP contribution in [0.15, 0.2) is 30.3 Å². The molecule has 0 radical (unpaired) electrons. The lowest BCUT2D eigenvalue weighted by Gasteiger charge is -2.30. The van der Waals surface area contributed by atoms with Crippen molar-refractivity contribution in [3.8, 4) is 0 Å². The predicted molar refractivity (Wildman–Crippen MR) is 52.6 cm³/mol. The molecule has 0 spiro atoms. The third-order valence-electron chi connectivity index (χ3n) is 2.42. The highest BCUT2D eigenvalue weighted by atomic mass is 16.5. The van der Waals surface area contributed by atoms with Gasteiger partial charge in [-0.3, -0.25) is 0 Å². The molecule has 1 aliphatic rings. The van der Waals surface area contributed by atoms with Crippen LogP contribution < -0.4 is 5.32 Å². The van der Waals surface area contributed by atoms with E-state index < -0.39 is 0 Å². The van der Waals surface area contributed by atoms with Crippen LogP contribution >= 0.6 is 0 Å². The summed E-state index contributed by atoms with van der Waals surface area (Å²) in [6, 6.07) is 11.5.